The Hall–Kier alpha value is -1.91. The van der Waals surface area contributed by atoms with E-state index in [1.807, 2.05) is 0 Å². The fourth-order valence-corrected chi connectivity index (χ4v) is 2.14. The highest BCUT2D eigenvalue weighted by Gasteiger charge is 2.20. The Kier molecular flexibility index (Phi) is 4.64. The summed E-state index contributed by atoms with van der Waals surface area (Å²) in [6.07, 6.45) is 1.24. The van der Waals surface area contributed by atoms with Crippen LogP contribution in [0.15, 0.2) is 17.2 Å². The summed E-state index contributed by atoms with van der Waals surface area (Å²) in [4.78, 5) is 27.8. The Morgan fingerprint density at radius 1 is 1.47 bits per heavy atom. The molecule has 1 rings (SSSR count). The molecule has 0 saturated heterocycles. The van der Waals surface area contributed by atoms with Crippen molar-refractivity contribution in [2.24, 2.45) is 12.8 Å². The van der Waals surface area contributed by atoms with Crippen LogP contribution in [-0.4, -0.2) is 38.5 Å². The van der Waals surface area contributed by atoms with Crippen LogP contribution in [-0.2, 0) is 26.7 Å². The number of aromatic nitrogens is 1. The third-order valence-electron chi connectivity index (χ3n) is 2.13. The number of carbonyl (C=O) groups is 2. The van der Waals surface area contributed by atoms with Crippen molar-refractivity contribution < 1.29 is 22.8 Å². The van der Waals surface area contributed by atoms with Gasteiger partial charge < -0.3 is 15.6 Å². The maximum absolute atomic E-state index is 11.8. The van der Waals surface area contributed by atoms with Gasteiger partial charge in [0.1, 0.15) is 17.2 Å². The summed E-state index contributed by atoms with van der Waals surface area (Å²) in [5.41, 5.74) is 4.96. The number of sulfonamides is 1. The summed E-state index contributed by atoms with van der Waals surface area (Å²) < 4.78 is 24.9. The van der Waals surface area contributed by atoms with Gasteiger partial charge in [-0.15, -0.1) is 0 Å². The van der Waals surface area contributed by atoms with Crippen LogP contribution in [0, 0.1) is 0 Å². The Morgan fingerprint density at radius 2 is 2.11 bits per heavy atom. The van der Waals surface area contributed by atoms with E-state index < -0.39 is 28.4 Å². The number of nitrogens with one attached hydrogen (secondary N) is 2. The average molecular weight is 290 g/mol. The van der Waals surface area contributed by atoms with Gasteiger partial charge >= 0.3 is 0 Å². The van der Waals surface area contributed by atoms with E-state index in [4.69, 9.17) is 5.73 Å². The molecule has 9 nitrogen and oxygen atoms in total. The molecule has 4 N–H and O–H groups in total. The molecular weight excluding hydrogens is 276 g/mol. The Morgan fingerprint density at radius 3 is 2.63 bits per heavy atom. The minimum atomic E-state index is -3.98. The van der Waals surface area contributed by atoms with Crippen molar-refractivity contribution in [2.45, 2.75) is 4.90 Å². The number of aryl methyl sites for hydroxylation is 1. The van der Waals surface area contributed by atoms with Crippen molar-refractivity contribution in [1.29, 1.82) is 0 Å². The topological polar surface area (TPSA) is 133 Å². The lowest BCUT2D eigenvalue weighted by Crippen LogP contribution is -2.29. The number of hydrogen-bond donors (Lipinski definition) is 3. The highest BCUT2D eigenvalue weighted by Crippen LogP contribution is 2.13. The second kappa shape index (κ2) is 5.82. The van der Waals surface area contributed by atoms with Gasteiger partial charge in [0.05, 0.1) is 0 Å². The van der Waals surface area contributed by atoms with E-state index in [1.54, 1.807) is 4.89 Å². The summed E-state index contributed by atoms with van der Waals surface area (Å²) in [7, 11) is -1.03. The van der Waals surface area contributed by atoms with E-state index >= 15 is 0 Å². The van der Waals surface area contributed by atoms with E-state index in [0.29, 0.717) is 0 Å². The number of hydrogen-bond acceptors (Lipinski definition) is 5. The molecule has 0 aromatic carbocycles. The van der Waals surface area contributed by atoms with E-state index in [9.17, 15) is 18.0 Å². The zero-order chi connectivity index (χ0) is 14.6. The van der Waals surface area contributed by atoms with Crippen molar-refractivity contribution in [3.63, 3.8) is 0 Å². The third-order valence-corrected chi connectivity index (χ3v) is 3.31. The van der Waals surface area contributed by atoms with Crippen LogP contribution < -0.4 is 15.9 Å². The van der Waals surface area contributed by atoms with E-state index in [1.165, 1.54) is 30.9 Å². The Balaban J connectivity index is 2.90. The molecule has 19 heavy (non-hydrogen) atoms. The molecule has 10 heteroatoms. The van der Waals surface area contributed by atoms with Crippen molar-refractivity contribution >= 4 is 21.8 Å². The van der Waals surface area contributed by atoms with Gasteiger partial charge in [0.15, 0.2) is 0 Å². The van der Waals surface area contributed by atoms with Crippen LogP contribution in [0.2, 0.25) is 0 Å². The van der Waals surface area contributed by atoms with Gasteiger partial charge in [-0.25, -0.2) is 8.42 Å². The molecule has 0 aliphatic carbocycles. The first kappa shape index (κ1) is 15.1. The van der Waals surface area contributed by atoms with Crippen molar-refractivity contribution in [3.05, 3.63) is 18.0 Å². The van der Waals surface area contributed by atoms with E-state index in [0.717, 1.165) is 0 Å². The van der Waals surface area contributed by atoms with Gasteiger partial charge in [-0.1, -0.05) is 4.89 Å². The van der Waals surface area contributed by atoms with Crippen molar-refractivity contribution in [3.8, 4) is 0 Å². The molecular formula is C9H14N4O5S. The maximum atomic E-state index is 11.8. The second-order valence-corrected chi connectivity index (χ2v) is 5.24. The van der Waals surface area contributed by atoms with Crippen LogP contribution in [0.4, 0.5) is 0 Å². The van der Waals surface area contributed by atoms with Gasteiger partial charge in [-0.3, -0.25) is 14.4 Å². The highest BCUT2D eigenvalue weighted by atomic mass is 32.2. The number of primary amides is 1. The molecule has 1 heterocycles. The molecule has 0 aliphatic heterocycles. The van der Waals surface area contributed by atoms with Crippen molar-refractivity contribution in [1.82, 2.24) is 14.8 Å². The van der Waals surface area contributed by atoms with Crippen LogP contribution in [0.1, 0.15) is 10.5 Å². The van der Waals surface area contributed by atoms with Gasteiger partial charge in [0, 0.05) is 20.3 Å². The van der Waals surface area contributed by atoms with Crippen molar-refractivity contribution in [2.75, 3.05) is 13.7 Å². The number of nitrogens with zero attached hydrogens (tertiary/aromatic N) is 1. The zero-order valence-corrected chi connectivity index (χ0v) is 11.2. The normalized spacial score (nSPS) is 11.3. The Bertz CT molecular complexity index is 592. The third kappa shape index (κ3) is 3.77. The lowest BCUT2D eigenvalue weighted by molar-refractivity contribution is -0.123. The first-order valence-corrected chi connectivity index (χ1v) is 6.56. The summed E-state index contributed by atoms with van der Waals surface area (Å²) in [6, 6.07) is 1.18. The molecule has 106 valence electrons. The molecule has 0 saturated carbocycles. The quantitative estimate of drug-likeness (QED) is 0.525. The molecule has 0 radical (unpaired) electrons. The molecule has 0 aliphatic rings. The molecule has 0 unspecified atom stereocenters. The first-order chi connectivity index (χ1) is 8.77. The van der Waals surface area contributed by atoms with Gasteiger partial charge in [-0.2, -0.15) is 0 Å². The molecule has 1 aromatic heterocycles. The maximum Gasteiger partial charge on any atom is 0.267 e. The predicted octanol–water partition coefficient (Wildman–Crippen LogP) is -1.92. The van der Waals surface area contributed by atoms with Gasteiger partial charge in [0.2, 0.25) is 5.91 Å². The molecule has 0 fully saturated rings. The summed E-state index contributed by atoms with van der Waals surface area (Å²) in [5, 5.41) is 2.38. The van der Waals surface area contributed by atoms with Gasteiger partial charge in [0.25, 0.3) is 15.9 Å². The zero-order valence-electron chi connectivity index (χ0n) is 10.3. The number of rotatable bonds is 6. The Labute approximate surface area is 109 Å². The SMILES string of the molecule is CNC(=O)c1cc(S(=O)(=O)NOCC(N)=O)cn1C. The van der Waals surface area contributed by atoms with Crippen LogP contribution in [0.25, 0.3) is 0 Å². The minimum absolute atomic E-state index is 0.165. The lowest BCUT2D eigenvalue weighted by atomic mass is 10.4. The van der Waals surface area contributed by atoms with E-state index in [-0.39, 0.29) is 10.6 Å². The second-order valence-electron chi connectivity index (χ2n) is 3.59. The van der Waals surface area contributed by atoms with Crippen LogP contribution in [0.3, 0.4) is 0 Å². The fourth-order valence-electron chi connectivity index (χ4n) is 1.26. The average Bonchev–Trinajstić information content (AvgIpc) is 2.70. The molecule has 0 bridgehead atoms. The van der Waals surface area contributed by atoms with Gasteiger partial charge in [-0.05, 0) is 6.07 Å². The largest absolute Gasteiger partial charge is 0.368 e. The monoisotopic (exact) mass is 290 g/mol. The van der Waals surface area contributed by atoms with E-state index in [2.05, 4.69) is 10.2 Å². The van der Waals surface area contributed by atoms with Crippen LogP contribution in [0.5, 0.6) is 0 Å². The molecule has 2 amide bonds. The fraction of sp³-hybridized carbons (Fsp3) is 0.333. The molecule has 0 spiro atoms. The number of amides is 2. The van der Waals surface area contributed by atoms with Crippen LogP contribution >= 0.6 is 0 Å². The molecule has 0 atom stereocenters. The first-order valence-electron chi connectivity index (χ1n) is 5.08. The summed E-state index contributed by atoms with van der Waals surface area (Å²) in [6.45, 7) is -0.589. The predicted molar refractivity (Wildman–Crippen MR) is 64.3 cm³/mol. The number of carbonyl (C=O) groups excluding carboxylic acids is 2. The smallest absolute Gasteiger partial charge is 0.267 e. The highest BCUT2D eigenvalue weighted by molar-refractivity contribution is 7.89. The number of nitrogens with two attached hydrogens (primary N) is 1. The standard InChI is InChI=1S/C9H14N4O5S/c1-11-9(15)7-3-6(4-13(7)2)19(16,17)12-18-5-8(10)14/h3-4,12H,5H2,1-2H3,(H2,10,14)(H,11,15). The minimum Gasteiger partial charge on any atom is -0.368 e. The summed E-state index contributed by atoms with van der Waals surface area (Å²) >= 11 is 0. The molecule has 1 aromatic rings. The summed E-state index contributed by atoms with van der Waals surface area (Å²) in [5.74, 6) is -1.25. The lowest BCUT2D eigenvalue weighted by Gasteiger charge is -2.03.